The van der Waals surface area contributed by atoms with Gasteiger partial charge in [-0.2, -0.15) is 0 Å². The third kappa shape index (κ3) is 3.51. The Balaban J connectivity index is 2.43. The van der Waals surface area contributed by atoms with Crippen molar-refractivity contribution in [2.24, 2.45) is 5.73 Å². The highest BCUT2D eigenvalue weighted by Crippen LogP contribution is 2.28. The van der Waals surface area contributed by atoms with Gasteiger partial charge in [0.1, 0.15) is 23.3 Å². The third-order valence-corrected chi connectivity index (χ3v) is 2.82. The molecular formula is C12H7BrFN3O4. The van der Waals surface area contributed by atoms with Gasteiger partial charge in [0, 0.05) is 16.6 Å². The highest BCUT2D eigenvalue weighted by molar-refractivity contribution is 9.10. The van der Waals surface area contributed by atoms with E-state index >= 15 is 0 Å². The lowest BCUT2D eigenvalue weighted by atomic mass is 10.2. The molecule has 0 unspecified atom stereocenters. The second-order valence-electron chi connectivity index (χ2n) is 3.87. The molecule has 2 rings (SSSR count). The zero-order chi connectivity index (χ0) is 15.6. The van der Waals surface area contributed by atoms with Crippen LogP contribution in [0.2, 0.25) is 0 Å². The van der Waals surface area contributed by atoms with E-state index in [0.717, 1.165) is 18.3 Å². The van der Waals surface area contributed by atoms with Crippen molar-refractivity contribution in [1.82, 2.24) is 4.98 Å². The molecule has 1 aromatic carbocycles. The number of hydrogen-bond acceptors (Lipinski definition) is 5. The maximum Gasteiger partial charge on any atom is 0.288 e. The van der Waals surface area contributed by atoms with E-state index < -0.39 is 22.3 Å². The van der Waals surface area contributed by atoms with Gasteiger partial charge in [0.25, 0.3) is 11.6 Å². The molecule has 0 aliphatic rings. The Kier molecular flexibility index (Phi) is 4.13. The molecule has 0 bridgehead atoms. The van der Waals surface area contributed by atoms with Crippen LogP contribution in [0, 0.1) is 15.9 Å². The summed E-state index contributed by atoms with van der Waals surface area (Å²) in [5.41, 5.74) is 4.45. The first-order valence-corrected chi connectivity index (χ1v) is 6.24. The molecule has 108 valence electrons. The van der Waals surface area contributed by atoms with E-state index in [9.17, 15) is 19.3 Å². The molecule has 21 heavy (non-hydrogen) atoms. The van der Waals surface area contributed by atoms with Crippen LogP contribution in [0.5, 0.6) is 11.6 Å². The molecular weight excluding hydrogens is 349 g/mol. The van der Waals surface area contributed by atoms with Gasteiger partial charge < -0.3 is 10.5 Å². The zero-order valence-corrected chi connectivity index (χ0v) is 11.8. The number of nitrogens with two attached hydrogens (primary N) is 1. The van der Waals surface area contributed by atoms with Crippen molar-refractivity contribution >= 4 is 27.5 Å². The molecule has 2 N–H and O–H groups in total. The monoisotopic (exact) mass is 355 g/mol. The summed E-state index contributed by atoms with van der Waals surface area (Å²) in [5, 5.41) is 10.7. The van der Waals surface area contributed by atoms with E-state index in [1.807, 2.05) is 0 Å². The molecule has 0 aliphatic heterocycles. The number of nitrogens with zero attached hydrogens (tertiary/aromatic N) is 2. The van der Waals surface area contributed by atoms with Gasteiger partial charge in [-0.1, -0.05) is 15.9 Å². The molecule has 0 saturated heterocycles. The van der Waals surface area contributed by atoms with Crippen molar-refractivity contribution in [1.29, 1.82) is 0 Å². The number of pyridine rings is 1. The molecule has 0 radical (unpaired) electrons. The van der Waals surface area contributed by atoms with Crippen LogP contribution in [-0.2, 0) is 0 Å². The molecule has 1 heterocycles. The Morgan fingerprint density at radius 1 is 1.38 bits per heavy atom. The van der Waals surface area contributed by atoms with E-state index in [4.69, 9.17) is 10.5 Å². The average Bonchev–Trinajstić information content (AvgIpc) is 2.37. The first-order valence-electron chi connectivity index (χ1n) is 5.45. The average molecular weight is 356 g/mol. The summed E-state index contributed by atoms with van der Waals surface area (Å²) in [4.78, 5) is 24.9. The minimum absolute atomic E-state index is 0.0609. The summed E-state index contributed by atoms with van der Waals surface area (Å²) in [5.74, 6) is -1.70. The number of benzene rings is 1. The fraction of sp³-hybridized carbons (Fsp3) is 0. The Labute approximate surface area is 125 Å². The van der Waals surface area contributed by atoms with E-state index in [0.29, 0.717) is 4.47 Å². The molecule has 0 spiro atoms. The number of amides is 1. The molecule has 0 atom stereocenters. The number of hydrogen-bond donors (Lipinski definition) is 1. The number of ether oxygens (including phenoxy) is 1. The highest BCUT2D eigenvalue weighted by atomic mass is 79.9. The lowest BCUT2D eigenvalue weighted by Gasteiger charge is -2.08. The summed E-state index contributed by atoms with van der Waals surface area (Å²) >= 11 is 3.08. The lowest BCUT2D eigenvalue weighted by Crippen LogP contribution is -2.13. The highest BCUT2D eigenvalue weighted by Gasteiger charge is 2.18. The summed E-state index contributed by atoms with van der Waals surface area (Å²) < 4.78 is 18.9. The molecule has 1 amide bonds. The van der Waals surface area contributed by atoms with E-state index in [1.54, 1.807) is 0 Å². The molecule has 7 nitrogen and oxygen atoms in total. The zero-order valence-electron chi connectivity index (χ0n) is 10.2. The number of primary amides is 1. The van der Waals surface area contributed by atoms with Crippen molar-refractivity contribution in [3.8, 4) is 11.6 Å². The fourth-order valence-corrected chi connectivity index (χ4v) is 1.94. The summed E-state index contributed by atoms with van der Waals surface area (Å²) in [6, 6.07) is 4.67. The molecule has 2 aromatic rings. The topological polar surface area (TPSA) is 108 Å². The number of nitro groups is 1. The summed E-state index contributed by atoms with van der Waals surface area (Å²) in [6.07, 6.45) is 0.913. The Bertz CT molecular complexity index is 718. The van der Waals surface area contributed by atoms with Gasteiger partial charge in [0.05, 0.1) is 4.92 Å². The van der Waals surface area contributed by atoms with E-state index in [2.05, 4.69) is 20.9 Å². The summed E-state index contributed by atoms with van der Waals surface area (Å²) in [7, 11) is 0. The Hall–Kier alpha value is -2.55. The van der Waals surface area contributed by atoms with Gasteiger partial charge in [-0.25, -0.2) is 9.37 Å². The second-order valence-corrected chi connectivity index (χ2v) is 4.79. The molecule has 0 saturated carbocycles. The van der Waals surface area contributed by atoms with Crippen LogP contribution in [0.25, 0.3) is 0 Å². The van der Waals surface area contributed by atoms with Crippen molar-refractivity contribution in [3.63, 3.8) is 0 Å². The van der Waals surface area contributed by atoms with Crippen LogP contribution in [-0.4, -0.2) is 15.8 Å². The predicted molar refractivity (Wildman–Crippen MR) is 73.6 cm³/mol. The minimum Gasteiger partial charge on any atom is -0.438 e. The van der Waals surface area contributed by atoms with Crippen LogP contribution in [0.4, 0.5) is 10.1 Å². The lowest BCUT2D eigenvalue weighted by molar-refractivity contribution is -0.385. The normalized spacial score (nSPS) is 10.2. The molecule has 1 aromatic heterocycles. The van der Waals surface area contributed by atoms with Crippen molar-refractivity contribution < 1.29 is 18.8 Å². The number of halogens is 2. The number of carbonyl (C=O) groups is 1. The number of rotatable bonds is 4. The van der Waals surface area contributed by atoms with Gasteiger partial charge in [0.15, 0.2) is 0 Å². The molecule has 0 fully saturated rings. The minimum atomic E-state index is -0.948. The smallest absolute Gasteiger partial charge is 0.288 e. The summed E-state index contributed by atoms with van der Waals surface area (Å²) in [6.45, 7) is 0. The molecule has 0 aliphatic carbocycles. The number of carbonyl (C=O) groups excluding carboxylic acids is 1. The SMILES string of the molecule is NC(=O)c1cc([N+](=O)[O-])cnc1Oc1cc(F)cc(Br)c1. The van der Waals surface area contributed by atoms with Gasteiger partial charge in [-0.3, -0.25) is 14.9 Å². The standard InChI is InChI=1S/C12H7BrFN3O4/c13-6-1-7(14)3-9(2-6)21-12-10(11(15)18)4-8(5-16-12)17(19)20/h1-5H,(H2,15,18). The van der Waals surface area contributed by atoms with Gasteiger partial charge in [-0.15, -0.1) is 0 Å². The van der Waals surface area contributed by atoms with Crippen LogP contribution in [0.3, 0.4) is 0 Å². The first-order chi connectivity index (χ1) is 9.86. The second kappa shape index (κ2) is 5.83. The fourth-order valence-electron chi connectivity index (χ4n) is 1.50. The van der Waals surface area contributed by atoms with Crippen LogP contribution in [0.1, 0.15) is 10.4 Å². The van der Waals surface area contributed by atoms with Crippen molar-refractivity contribution in [2.45, 2.75) is 0 Å². The Morgan fingerprint density at radius 2 is 2.10 bits per heavy atom. The largest absolute Gasteiger partial charge is 0.438 e. The third-order valence-electron chi connectivity index (χ3n) is 2.36. The predicted octanol–water partition coefficient (Wildman–Crippen LogP) is 2.78. The van der Waals surface area contributed by atoms with Crippen LogP contribution >= 0.6 is 15.9 Å². The van der Waals surface area contributed by atoms with E-state index in [1.165, 1.54) is 12.1 Å². The first kappa shape index (κ1) is 14.9. The molecule has 9 heteroatoms. The Morgan fingerprint density at radius 3 is 2.67 bits per heavy atom. The number of aromatic nitrogens is 1. The maximum atomic E-state index is 13.2. The van der Waals surface area contributed by atoms with Crippen LogP contribution < -0.4 is 10.5 Å². The van der Waals surface area contributed by atoms with Gasteiger partial charge >= 0.3 is 0 Å². The van der Waals surface area contributed by atoms with Crippen molar-refractivity contribution in [3.05, 3.63) is 56.4 Å². The van der Waals surface area contributed by atoms with Crippen LogP contribution in [0.15, 0.2) is 34.9 Å². The quantitative estimate of drug-likeness (QED) is 0.669. The van der Waals surface area contributed by atoms with E-state index in [-0.39, 0.29) is 17.2 Å². The van der Waals surface area contributed by atoms with Crippen molar-refractivity contribution in [2.75, 3.05) is 0 Å². The van der Waals surface area contributed by atoms with Gasteiger partial charge in [-0.05, 0) is 12.1 Å². The maximum absolute atomic E-state index is 13.2. The van der Waals surface area contributed by atoms with Gasteiger partial charge in [0.2, 0.25) is 5.88 Å².